The zero-order valence-corrected chi connectivity index (χ0v) is 14.9. The fourth-order valence-corrected chi connectivity index (χ4v) is 2.08. The Kier molecular flexibility index (Phi) is 7.24. The Morgan fingerprint density at radius 3 is 2.54 bits per heavy atom. The van der Waals surface area contributed by atoms with Crippen LogP contribution in [0.15, 0.2) is 48.2 Å². The molecule has 0 bridgehead atoms. The highest BCUT2D eigenvalue weighted by Gasteiger charge is 2.28. The summed E-state index contributed by atoms with van der Waals surface area (Å²) in [6, 6.07) is 2.69. The number of halogens is 1. The Hall–Kier alpha value is -2.56. The number of nitrogens with zero attached hydrogens (tertiary/aromatic N) is 1. The van der Waals surface area contributed by atoms with E-state index in [1.165, 1.54) is 17.0 Å². The van der Waals surface area contributed by atoms with Gasteiger partial charge >= 0.3 is 0 Å². The van der Waals surface area contributed by atoms with Crippen LogP contribution in [0.2, 0.25) is 0 Å². The lowest BCUT2D eigenvalue weighted by molar-refractivity contribution is 0.0624. The first-order valence-corrected chi connectivity index (χ1v) is 7.91. The molecule has 0 spiro atoms. The van der Waals surface area contributed by atoms with Crippen molar-refractivity contribution in [2.75, 3.05) is 19.1 Å². The zero-order chi connectivity index (χ0) is 18.3. The van der Waals surface area contributed by atoms with Crippen LogP contribution in [0.5, 0.6) is 5.75 Å². The van der Waals surface area contributed by atoms with Crippen LogP contribution in [-0.2, 0) is 0 Å². The van der Waals surface area contributed by atoms with Crippen LogP contribution < -0.4 is 10.1 Å². The van der Waals surface area contributed by atoms with Gasteiger partial charge in [-0.05, 0) is 32.1 Å². The van der Waals surface area contributed by atoms with Crippen molar-refractivity contribution in [1.29, 1.82) is 0 Å². The van der Waals surface area contributed by atoms with Gasteiger partial charge in [-0.15, -0.1) is 0 Å². The van der Waals surface area contributed by atoms with Gasteiger partial charge < -0.3 is 10.1 Å². The maximum atomic E-state index is 13.9. The quantitative estimate of drug-likeness (QED) is 0.811. The third-order valence-corrected chi connectivity index (χ3v) is 3.27. The monoisotopic (exact) mass is 332 g/mol. The molecule has 4 nitrogen and oxygen atoms in total. The number of ether oxygens (including phenoxy) is 1. The molecular weight excluding hydrogens is 307 g/mol. The topological polar surface area (TPSA) is 41.6 Å². The number of anilines is 1. The van der Waals surface area contributed by atoms with Crippen LogP contribution in [0, 0.1) is 5.82 Å². The Bertz CT molecular complexity index is 674. The smallest absolute Gasteiger partial charge is 0.264 e. The molecule has 1 heterocycles. The molecule has 0 fully saturated rings. The highest BCUT2D eigenvalue weighted by atomic mass is 19.1. The number of amides is 1. The Labute approximate surface area is 143 Å². The van der Waals surface area contributed by atoms with E-state index in [-0.39, 0.29) is 18.2 Å². The first-order chi connectivity index (χ1) is 11.5. The summed E-state index contributed by atoms with van der Waals surface area (Å²) in [4.78, 5) is 14.0. The fraction of sp³-hybridized carbons (Fsp3) is 0.316. The van der Waals surface area contributed by atoms with Crippen LogP contribution in [0.4, 0.5) is 10.1 Å². The summed E-state index contributed by atoms with van der Waals surface area (Å²) in [5.41, 5.74) is 2.20. The van der Waals surface area contributed by atoms with E-state index >= 15 is 0 Å². The van der Waals surface area contributed by atoms with Crippen molar-refractivity contribution in [3.8, 4) is 5.75 Å². The number of allylic oxidation sites excluding steroid dienone is 4. The summed E-state index contributed by atoms with van der Waals surface area (Å²) in [5.74, 6) is -0.429. The standard InChI is InChI=1S/C17H19FN2O2.C2H6/c1-5-12(7-6-11(2)3)20-10-22-16-9-15(19-4)14(18)8-13(16)17(20)21;1-2/h5-9,19H,1,10H2,2-4H3;1-2H3/b12-7+;. The molecule has 0 aromatic heterocycles. The molecular formula is C19H25FN2O2. The van der Waals surface area contributed by atoms with Crippen molar-refractivity contribution in [2.24, 2.45) is 0 Å². The SMILES string of the molecule is C=C/C(=C\C=C(C)C)N1COc2cc(NC)c(F)cc2C1=O.CC. The normalized spacial score (nSPS) is 13.2. The molecule has 1 aromatic rings. The number of hydrogen-bond donors (Lipinski definition) is 1. The second-order valence-electron chi connectivity index (χ2n) is 5.12. The molecule has 1 aliphatic heterocycles. The average Bonchev–Trinajstić information content (AvgIpc) is 2.58. The molecule has 1 aromatic carbocycles. The maximum absolute atomic E-state index is 13.9. The second kappa shape index (κ2) is 8.91. The van der Waals surface area contributed by atoms with Crippen molar-refractivity contribution in [3.05, 3.63) is 59.6 Å². The number of fused-ring (bicyclic) bond motifs is 1. The molecule has 0 saturated heterocycles. The minimum Gasteiger partial charge on any atom is -0.472 e. The fourth-order valence-electron chi connectivity index (χ4n) is 2.08. The van der Waals surface area contributed by atoms with Gasteiger partial charge in [-0.2, -0.15) is 0 Å². The maximum Gasteiger partial charge on any atom is 0.264 e. The summed E-state index contributed by atoms with van der Waals surface area (Å²) in [6.45, 7) is 11.7. The summed E-state index contributed by atoms with van der Waals surface area (Å²) in [7, 11) is 1.61. The minimum absolute atomic E-state index is 0.0646. The first-order valence-electron chi connectivity index (χ1n) is 7.91. The highest BCUT2D eigenvalue weighted by molar-refractivity contribution is 5.99. The Balaban J connectivity index is 0.00000139. The summed E-state index contributed by atoms with van der Waals surface area (Å²) in [5, 5.41) is 2.72. The Morgan fingerprint density at radius 1 is 1.33 bits per heavy atom. The first kappa shape index (κ1) is 19.5. The van der Waals surface area contributed by atoms with E-state index in [1.807, 2.05) is 33.8 Å². The molecule has 1 N–H and O–H groups in total. The number of nitrogens with one attached hydrogen (secondary N) is 1. The predicted molar refractivity (Wildman–Crippen MR) is 96.7 cm³/mol. The van der Waals surface area contributed by atoms with Crippen molar-refractivity contribution in [1.82, 2.24) is 4.90 Å². The molecule has 5 heteroatoms. The van der Waals surface area contributed by atoms with E-state index in [9.17, 15) is 9.18 Å². The number of rotatable bonds is 4. The van der Waals surface area contributed by atoms with Gasteiger partial charge in [0.15, 0.2) is 6.73 Å². The molecule has 1 aliphatic rings. The van der Waals surface area contributed by atoms with Crippen molar-refractivity contribution < 1.29 is 13.9 Å². The molecule has 24 heavy (non-hydrogen) atoms. The van der Waals surface area contributed by atoms with E-state index in [0.29, 0.717) is 17.1 Å². The molecule has 0 saturated carbocycles. The highest BCUT2D eigenvalue weighted by Crippen LogP contribution is 2.31. The van der Waals surface area contributed by atoms with E-state index < -0.39 is 5.82 Å². The molecule has 0 unspecified atom stereocenters. The largest absolute Gasteiger partial charge is 0.472 e. The van der Waals surface area contributed by atoms with Crippen LogP contribution >= 0.6 is 0 Å². The van der Waals surface area contributed by atoms with Crippen molar-refractivity contribution in [2.45, 2.75) is 27.7 Å². The Morgan fingerprint density at radius 2 is 2.00 bits per heavy atom. The lowest BCUT2D eigenvalue weighted by Crippen LogP contribution is -2.37. The summed E-state index contributed by atoms with van der Waals surface area (Å²) < 4.78 is 19.5. The lowest BCUT2D eigenvalue weighted by Gasteiger charge is -2.29. The number of carbonyl (C=O) groups is 1. The number of hydrogen-bond acceptors (Lipinski definition) is 3. The molecule has 130 valence electrons. The second-order valence-corrected chi connectivity index (χ2v) is 5.12. The van der Waals surface area contributed by atoms with Crippen LogP contribution in [0.25, 0.3) is 0 Å². The van der Waals surface area contributed by atoms with Crippen LogP contribution in [0.3, 0.4) is 0 Å². The third kappa shape index (κ3) is 4.25. The van der Waals surface area contributed by atoms with Gasteiger partial charge in [-0.1, -0.05) is 32.1 Å². The van der Waals surface area contributed by atoms with Gasteiger partial charge in [-0.3, -0.25) is 9.69 Å². The van der Waals surface area contributed by atoms with Gasteiger partial charge in [0.05, 0.1) is 11.3 Å². The molecule has 0 atom stereocenters. The number of benzene rings is 1. The van der Waals surface area contributed by atoms with E-state index in [4.69, 9.17) is 4.74 Å². The molecule has 0 aliphatic carbocycles. The average molecular weight is 332 g/mol. The van der Waals surface area contributed by atoms with Crippen LogP contribution in [-0.4, -0.2) is 24.6 Å². The van der Waals surface area contributed by atoms with Crippen molar-refractivity contribution in [3.63, 3.8) is 0 Å². The van der Waals surface area contributed by atoms with Crippen molar-refractivity contribution >= 4 is 11.6 Å². The van der Waals surface area contributed by atoms with Crippen LogP contribution in [0.1, 0.15) is 38.1 Å². The summed E-state index contributed by atoms with van der Waals surface area (Å²) >= 11 is 0. The van der Waals surface area contributed by atoms with Gasteiger partial charge in [0, 0.05) is 18.8 Å². The summed E-state index contributed by atoms with van der Waals surface area (Å²) in [6.07, 6.45) is 5.24. The zero-order valence-electron chi connectivity index (χ0n) is 14.9. The number of carbonyl (C=O) groups excluding carboxylic acids is 1. The van der Waals surface area contributed by atoms with E-state index in [1.54, 1.807) is 19.2 Å². The van der Waals surface area contributed by atoms with Gasteiger partial charge in [0.25, 0.3) is 5.91 Å². The minimum atomic E-state index is -0.492. The van der Waals surface area contributed by atoms with Gasteiger partial charge in [-0.25, -0.2) is 4.39 Å². The lowest BCUT2D eigenvalue weighted by atomic mass is 10.1. The third-order valence-electron chi connectivity index (χ3n) is 3.27. The van der Waals surface area contributed by atoms with Gasteiger partial charge in [0.1, 0.15) is 11.6 Å². The molecule has 1 amide bonds. The van der Waals surface area contributed by atoms with Gasteiger partial charge in [0.2, 0.25) is 0 Å². The van der Waals surface area contributed by atoms with E-state index in [2.05, 4.69) is 11.9 Å². The molecule has 0 radical (unpaired) electrons. The molecule has 2 rings (SSSR count). The predicted octanol–water partition coefficient (Wildman–Crippen LogP) is 4.72. The van der Waals surface area contributed by atoms with E-state index in [0.717, 1.165) is 5.57 Å².